The lowest BCUT2D eigenvalue weighted by Crippen LogP contribution is -2.05. The van der Waals surface area contributed by atoms with Gasteiger partial charge in [0.25, 0.3) is 0 Å². The van der Waals surface area contributed by atoms with Gasteiger partial charge in [0.15, 0.2) is 5.82 Å². The molecule has 0 fully saturated rings. The lowest BCUT2D eigenvalue weighted by molar-refractivity contribution is -0.0979. The summed E-state index contributed by atoms with van der Waals surface area (Å²) in [5, 5.41) is 15.5. The van der Waals surface area contributed by atoms with Crippen molar-refractivity contribution >= 4 is 17.7 Å². The summed E-state index contributed by atoms with van der Waals surface area (Å²) in [6.45, 7) is 7.49. The molecule has 0 bridgehead atoms. The number of aromatic amines is 2. The van der Waals surface area contributed by atoms with Gasteiger partial charge in [-0.05, 0) is 43.7 Å². The van der Waals surface area contributed by atoms with Crippen molar-refractivity contribution in [3.8, 4) is 22.6 Å². The first-order chi connectivity index (χ1) is 14.1. The Morgan fingerprint density at radius 3 is 2.52 bits per heavy atom. The Morgan fingerprint density at radius 1 is 1.10 bits per heavy atom. The first-order valence-corrected chi connectivity index (χ1v) is 9.03. The molecular formula is C21H26N6O2. The molecule has 8 nitrogen and oxygen atoms in total. The van der Waals surface area contributed by atoms with Gasteiger partial charge >= 0.3 is 0 Å². The highest BCUT2D eigenvalue weighted by molar-refractivity contribution is 5.95. The van der Waals surface area contributed by atoms with E-state index in [1.165, 1.54) is 17.5 Å². The van der Waals surface area contributed by atoms with E-state index in [9.17, 15) is 0 Å². The van der Waals surface area contributed by atoms with E-state index < -0.39 is 0 Å². The minimum absolute atomic E-state index is 0.622. The normalized spacial score (nSPS) is 10.1. The molecule has 29 heavy (non-hydrogen) atoms. The third kappa shape index (κ3) is 5.34. The fourth-order valence-electron chi connectivity index (χ4n) is 2.82. The molecular weight excluding hydrogens is 368 g/mol. The van der Waals surface area contributed by atoms with Crippen LogP contribution in [-0.2, 0) is 9.53 Å². The first-order valence-electron chi connectivity index (χ1n) is 9.03. The maximum atomic E-state index is 8.00. The number of hydrogen-bond donors (Lipinski definition) is 3. The number of aromatic nitrogens is 5. The summed E-state index contributed by atoms with van der Waals surface area (Å²) in [7, 11) is 1.63. The lowest BCUT2D eigenvalue weighted by atomic mass is 9.99. The molecule has 152 valence electrons. The number of aryl methyl sites for hydroxylation is 2. The number of nitrogens with zero attached hydrogens (tertiary/aromatic N) is 3. The van der Waals surface area contributed by atoms with Crippen molar-refractivity contribution in [3.63, 3.8) is 0 Å². The van der Waals surface area contributed by atoms with Gasteiger partial charge in [0.1, 0.15) is 18.8 Å². The lowest BCUT2D eigenvalue weighted by Gasteiger charge is -2.05. The molecule has 0 radical (unpaired) electrons. The summed E-state index contributed by atoms with van der Waals surface area (Å²) in [5.74, 6) is 0.759. The summed E-state index contributed by atoms with van der Waals surface area (Å²) in [4.78, 5) is 12.2. The third-order valence-electron chi connectivity index (χ3n) is 4.22. The third-order valence-corrected chi connectivity index (χ3v) is 4.22. The van der Waals surface area contributed by atoms with Crippen molar-refractivity contribution in [2.45, 2.75) is 13.8 Å². The highest BCUT2D eigenvalue weighted by Gasteiger charge is 2.12. The highest BCUT2D eigenvalue weighted by Crippen LogP contribution is 2.31. The van der Waals surface area contributed by atoms with E-state index in [0.29, 0.717) is 13.2 Å². The van der Waals surface area contributed by atoms with E-state index in [-0.39, 0.29) is 0 Å². The van der Waals surface area contributed by atoms with Crippen LogP contribution in [0.2, 0.25) is 0 Å². The molecule has 0 aliphatic rings. The maximum Gasteiger partial charge on any atom is 0.155 e. The van der Waals surface area contributed by atoms with Crippen LogP contribution in [0.5, 0.6) is 0 Å². The van der Waals surface area contributed by atoms with E-state index in [1.807, 2.05) is 18.9 Å². The largest absolute Gasteiger partial charge is 0.383 e. The number of fused-ring (bicyclic) bond motifs is 1. The SMILES string of the molecule is C=O.COCCN.Cc1ccc(C)c(-c2n[nH]c3ccc(-c4ncn[nH]4)cc23)c1. The van der Waals surface area contributed by atoms with Crippen LogP contribution in [0.3, 0.4) is 0 Å². The fourth-order valence-corrected chi connectivity index (χ4v) is 2.82. The molecule has 0 saturated heterocycles. The summed E-state index contributed by atoms with van der Waals surface area (Å²) < 4.78 is 4.57. The number of methoxy groups -OCH3 is 1. The average Bonchev–Trinajstić information content (AvgIpc) is 3.42. The van der Waals surface area contributed by atoms with E-state index in [4.69, 9.17) is 10.5 Å². The number of nitrogens with two attached hydrogens (primary N) is 1. The number of rotatable bonds is 4. The number of nitrogens with one attached hydrogen (secondary N) is 2. The predicted molar refractivity (Wildman–Crippen MR) is 114 cm³/mol. The van der Waals surface area contributed by atoms with Crippen LogP contribution < -0.4 is 5.73 Å². The Kier molecular flexibility index (Phi) is 8.20. The van der Waals surface area contributed by atoms with Crippen molar-refractivity contribution in [2.24, 2.45) is 5.73 Å². The van der Waals surface area contributed by atoms with Crippen molar-refractivity contribution in [2.75, 3.05) is 20.3 Å². The Hall–Kier alpha value is -3.36. The van der Waals surface area contributed by atoms with E-state index in [0.717, 1.165) is 33.5 Å². The summed E-state index contributed by atoms with van der Waals surface area (Å²) >= 11 is 0. The summed E-state index contributed by atoms with van der Waals surface area (Å²) in [6.07, 6.45) is 1.51. The minimum atomic E-state index is 0.622. The monoisotopic (exact) mass is 394 g/mol. The van der Waals surface area contributed by atoms with Crippen molar-refractivity contribution < 1.29 is 9.53 Å². The summed E-state index contributed by atoms with van der Waals surface area (Å²) in [6, 6.07) is 12.5. The fraction of sp³-hybridized carbons (Fsp3) is 0.238. The van der Waals surface area contributed by atoms with Crippen molar-refractivity contribution in [3.05, 3.63) is 53.9 Å². The molecule has 4 rings (SSSR count). The summed E-state index contributed by atoms with van der Waals surface area (Å²) in [5.41, 5.74) is 11.6. The van der Waals surface area contributed by atoms with Crippen LogP contribution in [0, 0.1) is 13.8 Å². The molecule has 0 atom stereocenters. The van der Waals surface area contributed by atoms with Crippen LogP contribution in [-0.4, -0.2) is 52.4 Å². The van der Waals surface area contributed by atoms with E-state index in [2.05, 4.69) is 68.2 Å². The van der Waals surface area contributed by atoms with Gasteiger partial charge in [-0.3, -0.25) is 10.2 Å². The van der Waals surface area contributed by atoms with Crippen LogP contribution >= 0.6 is 0 Å². The number of carbonyl (C=O) groups excluding carboxylic acids is 1. The van der Waals surface area contributed by atoms with Gasteiger partial charge in [-0.1, -0.05) is 17.7 Å². The smallest absolute Gasteiger partial charge is 0.155 e. The van der Waals surface area contributed by atoms with Gasteiger partial charge in [-0.15, -0.1) is 0 Å². The number of ether oxygens (including phenoxy) is 1. The Morgan fingerprint density at radius 2 is 1.90 bits per heavy atom. The molecule has 0 unspecified atom stereocenters. The molecule has 2 aromatic heterocycles. The van der Waals surface area contributed by atoms with Crippen LogP contribution in [0.1, 0.15) is 11.1 Å². The van der Waals surface area contributed by atoms with Crippen molar-refractivity contribution in [1.82, 2.24) is 25.4 Å². The van der Waals surface area contributed by atoms with E-state index in [1.54, 1.807) is 7.11 Å². The molecule has 0 spiro atoms. The highest BCUT2D eigenvalue weighted by atomic mass is 16.5. The van der Waals surface area contributed by atoms with E-state index >= 15 is 0 Å². The van der Waals surface area contributed by atoms with Crippen LogP contribution in [0.25, 0.3) is 33.5 Å². The molecule has 4 N–H and O–H groups in total. The Labute approximate surface area is 169 Å². The maximum absolute atomic E-state index is 8.00. The molecule has 0 aliphatic carbocycles. The zero-order valence-corrected chi connectivity index (χ0v) is 16.9. The van der Waals surface area contributed by atoms with Gasteiger partial charge in [-0.25, -0.2) is 4.98 Å². The number of carbonyl (C=O) groups is 1. The Balaban J connectivity index is 0.000000378. The second-order valence-electron chi connectivity index (χ2n) is 6.27. The topological polar surface area (TPSA) is 123 Å². The minimum Gasteiger partial charge on any atom is -0.383 e. The molecule has 8 heteroatoms. The predicted octanol–water partition coefficient (Wildman–Crippen LogP) is 3.04. The zero-order valence-electron chi connectivity index (χ0n) is 16.9. The number of hydrogen-bond acceptors (Lipinski definition) is 6. The second-order valence-corrected chi connectivity index (χ2v) is 6.27. The molecule has 0 aliphatic heterocycles. The average molecular weight is 394 g/mol. The zero-order chi connectivity index (χ0) is 21.2. The molecule has 0 saturated carbocycles. The van der Waals surface area contributed by atoms with Gasteiger partial charge < -0.3 is 15.3 Å². The first kappa shape index (κ1) is 21.9. The van der Waals surface area contributed by atoms with Gasteiger partial charge in [0.2, 0.25) is 0 Å². The molecule has 2 aromatic carbocycles. The second kappa shape index (κ2) is 10.8. The van der Waals surface area contributed by atoms with Crippen LogP contribution in [0.4, 0.5) is 0 Å². The quantitative estimate of drug-likeness (QED) is 0.489. The van der Waals surface area contributed by atoms with Crippen LogP contribution in [0.15, 0.2) is 42.7 Å². The standard InChI is InChI=1S/C17H15N5.C3H9NO.CH2O/c1-10-3-4-11(2)13(7-10)16-14-8-12(17-18-9-19-22-17)5-6-15(14)20-21-16;1-5-3-2-4;1-2/h3-9H,1-2H3,(H,20,21)(H,18,19,22);2-4H2,1H3;1H2. The van der Waals surface area contributed by atoms with Crippen molar-refractivity contribution in [1.29, 1.82) is 0 Å². The number of H-pyrrole nitrogens is 2. The molecule has 0 amide bonds. The molecule has 2 heterocycles. The van der Waals surface area contributed by atoms with Gasteiger partial charge in [-0.2, -0.15) is 10.2 Å². The molecule has 4 aromatic rings. The van der Waals surface area contributed by atoms with Gasteiger partial charge in [0, 0.05) is 30.2 Å². The Bertz CT molecular complexity index is 1030. The number of benzene rings is 2. The van der Waals surface area contributed by atoms with Gasteiger partial charge in [0.05, 0.1) is 12.1 Å².